The van der Waals surface area contributed by atoms with Crippen LogP contribution < -0.4 is 0 Å². The summed E-state index contributed by atoms with van der Waals surface area (Å²) >= 11 is 0. The van der Waals surface area contributed by atoms with E-state index in [1.54, 1.807) is 13.8 Å². The van der Waals surface area contributed by atoms with E-state index in [2.05, 4.69) is 0 Å². The van der Waals surface area contributed by atoms with Gasteiger partial charge in [-0.2, -0.15) is 0 Å². The maximum absolute atomic E-state index is 11.2. The number of hydrogen-bond acceptors (Lipinski definition) is 5. The number of rotatable bonds is 0. The lowest BCUT2D eigenvalue weighted by Gasteiger charge is -2.33. The predicted molar refractivity (Wildman–Crippen MR) is 46.7 cm³/mol. The molecule has 6 nitrogen and oxygen atoms in total. The molecule has 3 N–H and O–H groups in total. The zero-order valence-electron chi connectivity index (χ0n) is 8.22. The normalized spacial score (nSPS) is 23.3. The molecule has 0 aromatic rings. The summed E-state index contributed by atoms with van der Waals surface area (Å²) < 4.78 is 0.771. The van der Waals surface area contributed by atoms with E-state index in [4.69, 9.17) is 10.5 Å². The summed E-state index contributed by atoms with van der Waals surface area (Å²) in [5, 5.41) is 33.4. The third kappa shape index (κ3) is 1.60. The second kappa shape index (κ2) is 3.49. The standard InChI is InChI=1S/C7H14N2O2.H2O2/c1-6(2)7(3,4)9(11)5-8(6)10;1-2/h5,10H,1-4H3;1-2H. The number of hydroxylamine groups is 3. The highest BCUT2D eigenvalue weighted by molar-refractivity contribution is 5.52. The van der Waals surface area contributed by atoms with Gasteiger partial charge in [-0.05, 0) is 27.7 Å². The minimum absolute atomic E-state index is 0.533. The van der Waals surface area contributed by atoms with Crippen molar-refractivity contribution in [1.29, 1.82) is 0 Å². The molecule has 1 heterocycles. The van der Waals surface area contributed by atoms with Gasteiger partial charge in [-0.1, -0.05) is 0 Å². The van der Waals surface area contributed by atoms with E-state index in [0.29, 0.717) is 0 Å². The molecule has 1 aliphatic rings. The van der Waals surface area contributed by atoms with Gasteiger partial charge in [0.05, 0.1) is 0 Å². The fourth-order valence-corrected chi connectivity index (χ4v) is 0.938. The summed E-state index contributed by atoms with van der Waals surface area (Å²) in [5.41, 5.74) is -1.11. The minimum atomic E-state index is -0.582. The van der Waals surface area contributed by atoms with Crippen molar-refractivity contribution in [2.24, 2.45) is 0 Å². The summed E-state index contributed by atoms with van der Waals surface area (Å²) in [4.78, 5) is 0. The van der Waals surface area contributed by atoms with Gasteiger partial charge in [0, 0.05) is 0 Å². The number of nitrogens with zero attached hydrogens (tertiary/aromatic N) is 2. The van der Waals surface area contributed by atoms with Crippen molar-refractivity contribution in [3.8, 4) is 0 Å². The van der Waals surface area contributed by atoms with Gasteiger partial charge in [0.1, 0.15) is 5.54 Å². The van der Waals surface area contributed by atoms with E-state index in [1.807, 2.05) is 13.8 Å². The van der Waals surface area contributed by atoms with Crippen LogP contribution in [0.1, 0.15) is 27.7 Å². The molecule has 0 aromatic carbocycles. The summed E-state index contributed by atoms with van der Waals surface area (Å²) in [5.74, 6) is 0. The molecular weight excluding hydrogens is 176 g/mol. The van der Waals surface area contributed by atoms with Gasteiger partial charge in [-0.25, -0.2) is 5.21 Å². The van der Waals surface area contributed by atoms with Crippen LogP contribution in [-0.4, -0.2) is 42.9 Å². The molecular formula is C7H16N2O4. The van der Waals surface area contributed by atoms with Gasteiger partial charge in [0.15, 0.2) is 5.54 Å². The highest BCUT2D eigenvalue weighted by atomic mass is 17.0. The molecule has 0 aliphatic carbocycles. The fraction of sp³-hybridized carbons (Fsp3) is 0.857. The van der Waals surface area contributed by atoms with Gasteiger partial charge in [0.2, 0.25) is 0 Å². The first-order valence-electron chi connectivity index (χ1n) is 3.80. The topological polar surface area (TPSA) is 90.0 Å². The SMILES string of the molecule is CC1(C)N(O)C=[N+]([O-])C1(C)C.OO. The third-order valence-corrected chi connectivity index (χ3v) is 2.84. The van der Waals surface area contributed by atoms with Crippen molar-refractivity contribution in [2.75, 3.05) is 0 Å². The quantitative estimate of drug-likeness (QED) is 0.228. The summed E-state index contributed by atoms with van der Waals surface area (Å²) in [6, 6.07) is 0. The van der Waals surface area contributed by atoms with Crippen molar-refractivity contribution in [2.45, 2.75) is 38.8 Å². The Morgan fingerprint density at radius 3 is 1.69 bits per heavy atom. The fourth-order valence-electron chi connectivity index (χ4n) is 0.938. The van der Waals surface area contributed by atoms with Crippen LogP contribution in [0.2, 0.25) is 0 Å². The van der Waals surface area contributed by atoms with Crippen LogP contribution in [0.15, 0.2) is 0 Å². The van der Waals surface area contributed by atoms with Crippen molar-refractivity contribution < 1.29 is 20.5 Å². The Balaban J connectivity index is 0.000000671. The molecule has 0 bridgehead atoms. The molecule has 0 aromatic heterocycles. The minimum Gasteiger partial charge on any atom is -0.715 e. The summed E-state index contributed by atoms with van der Waals surface area (Å²) in [6.45, 7) is 7.24. The average Bonchev–Trinajstić information content (AvgIpc) is 2.18. The Labute approximate surface area is 76.8 Å². The molecule has 0 amide bonds. The van der Waals surface area contributed by atoms with Crippen LogP contribution in [-0.2, 0) is 0 Å². The van der Waals surface area contributed by atoms with E-state index in [0.717, 1.165) is 9.80 Å². The highest BCUT2D eigenvalue weighted by Crippen LogP contribution is 2.32. The second-order valence-corrected chi connectivity index (χ2v) is 3.90. The highest BCUT2D eigenvalue weighted by Gasteiger charge is 2.54. The molecule has 0 saturated carbocycles. The van der Waals surface area contributed by atoms with Crippen molar-refractivity contribution in [3.05, 3.63) is 5.21 Å². The first kappa shape index (κ1) is 12.2. The Morgan fingerprint density at radius 2 is 1.62 bits per heavy atom. The molecule has 0 saturated heterocycles. The molecule has 0 atom stereocenters. The predicted octanol–water partition coefficient (Wildman–Crippen LogP) is 0.804. The van der Waals surface area contributed by atoms with Gasteiger partial charge in [-0.15, -0.1) is 5.06 Å². The van der Waals surface area contributed by atoms with Crippen molar-refractivity contribution in [1.82, 2.24) is 5.06 Å². The van der Waals surface area contributed by atoms with Gasteiger partial charge >= 0.3 is 0 Å². The largest absolute Gasteiger partial charge is 0.715 e. The lowest BCUT2D eigenvalue weighted by Crippen LogP contribution is -2.53. The second-order valence-electron chi connectivity index (χ2n) is 3.90. The summed E-state index contributed by atoms with van der Waals surface area (Å²) in [7, 11) is 0. The van der Waals surface area contributed by atoms with Crippen LogP contribution in [0.5, 0.6) is 0 Å². The maximum Gasteiger partial charge on any atom is 0.268 e. The molecule has 0 spiro atoms. The monoisotopic (exact) mass is 192 g/mol. The van der Waals surface area contributed by atoms with Gasteiger partial charge in [0.25, 0.3) is 6.34 Å². The van der Waals surface area contributed by atoms with Crippen molar-refractivity contribution >= 4 is 6.34 Å². The van der Waals surface area contributed by atoms with E-state index >= 15 is 0 Å². The smallest absolute Gasteiger partial charge is 0.268 e. The zero-order chi connectivity index (χ0) is 10.9. The van der Waals surface area contributed by atoms with Crippen LogP contribution in [0.25, 0.3) is 0 Å². The zero-order valence-corrected chi connectivity index (χ0v) is 8.22. The molecule has 0 fully saturated rings. The average molecular weight is 192 g/mol. The summed E-state index contributed by atoms with van der Waals surface area (Å²) in [6.07, 6.45) is 1.17. The first-order valence-corrected chi connectivity index (χ1v) is 3.80. The Hall–Kier alpha value is -0.850. The molecule has 0 unspecified atom stereocenters. The Morgan fingerprint density at radius 1 is 1.23 bits per heavy atom. The van der Waals surface area contributed by atoms with Crippen molar-refractivity contribution in [3.63, 3.8) is 0 Å². The molecule has 78 valence electrons. The molecule has 13 heavy (non-hydrogen) atoms. The molecule has 0 radical (unpaired) electrons. The maximum atomic E-state index is 11.2. The molecule has 1 rings (SSSR count). The molecule has 6 heteroatoms. The lowest BCUT2D eigenvalue weighted by molar-refractivity contribution is -0.536. The van der Waals surface area contributed by atoms with Crippen LogP contribution in [0, 0.1) is 5.21 Å². The molecule has 1 aliphatic heterocycles. The van der Waals surface area contributed by atoms with Crippen LogP contribution in [0.4, 0.5) is 0 Å². The first-order chi connectivity index (χ1) is 5.80. The Kier molecular flexibility index (Phi) is 3.26. The van der Waals surface area contributed by atoms with Crippen LogP contribution >= 0.6 is 0 Å². The van der Waals surface area contributed by atoms with Gasteiger partial charge < -0.3 is 5.21 Å². The van der Waals surface area contributed by atoms with E-state index in [-0.39, 0.29) is 0 Å². The van der Waals surface area contributed by atoms with E-state index in [1.165, 1.54) is 6.34 Å². The lowest BCUT2D eigenvalue weighted by atomic mass is 9.84. The third-order valence-electron chi connectivity index (χ3n) is 2.84. The Bertz CT molecular complexity index is 213. The van der Waals surface area contributed by atoms with E-state index in [9.17, 15) is 10.4 Å². The number of hydrogen-bond donors (Lipinski definition) is 3. The van der Waals surface area contributed by atoms with E-state index < -0.39 is 11.1 Å². The van der Waals surface area contributed by atoms with Crippen LogP contribution in [0.3, 0.4) is 0 Å². The van der Waals surface area contributed by atoms with Gasteiger partial charge in [-0.3, -0.25) is 15.3 Å².